The Kier molecular flexibility index (Phi) is 4.61. The molecule has 7 heteroatoms. The van der Waals surface area contributed by atoms with Crippen molar-refractivity contribution in [1.29, 1.82) is 0 Å². The molecular formula is C17H14BrN3O3. The first-order valence-electron chi connectivity index (χ1n) is 7.16. The highest BCUT2D eigenvalue weighted by Crippen LogP contribution is 2.22. The van der Waals surface area contributed by atoms with Gasteiger partial charge in [-0.2, -0.15) is 0 Å². The first-order valence-corrected chi connectivity index (χ1v) is 7.95. The minimum absolute atomic E-state index is 0.133. The van der Waals surface area contributed by atoms with Crippen molar-refractivity contribution >= 4 is 38.4 Å². The van der Waals surface area contributed by atoms with E-state index in [1.165, 1.54) is 18.0 Å². The lowest BCUT2D eigenvalue weighted by atomic mass is 10.2. The van der Waals surface area contributed by atoms with Crippen LogP contribution in [0.5, 0.6) is 5.75 Å². The van der Waals surface area contributed by atoms with Gasteiger partial charge in [-0.15, -0.1) is 0 Å². The lowest BCUT2D eigenvalue weighted by molar-refractivity contribution is -0.116. The number of fused-ring (bicyclic) bond motifs is 1. The number of hydrogen-bond donors (Lipinski definition) is 1. The summed E-state index contributed by atoms with van der Waals surface area (Å²) < 4.78 is 7.25. The van der Waals surface area contributed by atoms with Gasteiger partial charge in [0.2, 0.25) is 5.91 Å². The summed E-state index contributed by atoms with van der Waals surface area (Å²) in [4.78, 5) is 28.9. The maximum absolute atomic E-state index is 12.5. The summed E-state index contributed by atoms with van der Waals surface area (Å²) in [5, 5.41) is 3.19. The molecule has 0 radical (unpaired) electrons. The molecule has 0 aliphatic carbocycles. The summed E-state index contributed by atoms with van der Waals surface area (Å²) in [5.74, 6) is 0.219. The van der Waals surface area contributed by atoms with E-state index in [4.69, 9.17) is 4.74 Å². The number of halogens is 1. The number of carbonyl (C=O) groups excluding carboxylic acids is 1. The van der Waals surface area contributed by atoms with Crippen LogP contribution >= 0.6 is 15.9 Å². The number of ether oxygens (including phenoxy) is 1. The van der Waals surface area contributed by atoms with Crippen LogP contribution in [0.15, 0.2) is 58.1 Å². The first-order chi connectivity index (χ1) is 11.6. The van der Waals surface area contributed by atoms with Gasteiger partial charge in [-0.05, 0) is 30.3 Å². The van der Waals surface area contributed by atoms with Crippen molar-refractivity contribution in [2.45, 2.75) is 6.54 Å². The Morgan fingerprint density at radius 1 is 1.29 bits per heavy atom. The standard InChI is InChI=1S/C17H14BrN3O3/c1-24-15-5-3-2-4-14(15)20-16(22)9-21-10-19-13-7-6-11(18)8-12(13)17(21)23/h2-8,10H,9H2,1H3,(H,20,22). The van der Waals surface area contributed by atoms with E-state index >= 15 is 0 Å². The fraction of sp³-hybridized carbons (Fsp3) is 0.118. The summed E-state index contributed by atoms with van der Waals surface area (Å²) in [6.45, 7) is -0.133. The van der Waals surface area contributed by atoms with E-state index in [9.17, 15) is 9.59 Å². The molecule has 0 aliphatic rings. The predicted molar refractivity (Wildman–Crippen MR) is 95.3 cm³/mol. The topological polar surface area (TPSA) is 73.2 Å². The highest BCUT2D eigenvalue weighted by Gasteiger charge is 2.10. The van der Waals surface area contributed by atoms with Crippen LogP contribution in [-0.2, 0) is 11.3 Å². The van der Waals surface area contributed by atoms with Crippen molar-refractivity contribution in [3.05, 3.63) is 63.6 Å². The van der Waals surface area contributed by atoms with Crippen LogP contribution in [0.2, 0.25) is 0 Å². The summed E-state index contributed by atoms with van der Waals surface area (Å²) in [6.07, 6.45) is 1.38. The molecule has 0 fully saturated rings. The molecule has 3 aromatic rings. The molecule has 0 aliphatic heterocycles. The Morgan fingerprint density at radius 3 is 2.88 bits per heavy atom. The lowest BCUT2D eigenvalue weighted by Crippen LogP contribution is -2.28. The largest absolute Gasteiger partial charge is 0.495 e. The van der Waals surface area contributed by atoms with E-state index in [0.29, 0.717) is 22.3 Å². The number of methoxy groups -OCH3 is 1. The molecule has 122 valence electrons. The maximum Gasteiger partial charge on any atom is 0.261 e. The number of carbonyl (C=O) groups is 1. The molecule has 0 saturated carbocycles. The normalized spacial score (nSPS) is 10.6. The molecule has 6 nitrogen and oxygen atoms in total. The van der Waals surface area contributed by atoms with Gasteiger partial charge in [0, 0.05) is 4.47 Å². The third-order valence-electron chi connectivity index (χ3n) is 3.48. The highest BCUT2D eigenvalue weighted by atomic mass is 79.9. The Hall–Kier alpha value is -2.67. The van der Waals surface area contributed by atoms with Crippen LogP contribution in [0, 0.1) is 0 Å². The van der Waals surface area contributed by atoms with E-state index in [2.05, 4.69) is 26.2 Å². The molecule has 1 aromatic heterocycles. The minimum Gasteiger partial charge on any atom is -0.495 e. The fourth-order valence-corrected chi connectivity index (χ4v) is 2.70. The number of rotatable bonds is 4. The van der Waals surface area contributed by atoms with Crippen molar-refractivity contribution in [3.63, 3.8) is 0 Å². The maximum atomic E-state index is 12.5. The number of anilines is 1. The average Bonchev–Trinajstić information content (AvgIpc) is 2.58. The van der Waals surface area contributed by atoms with Gasteiger partial charge < -0.3 is 10.1 Å². The molecule has 3 rings (SSSR count). The molecule has 0 spiro atoms. The second kappa shape index (κ2) is 6.84. The van der Waals surface area contributed by atoms with Gasteiger partial charge in [-0.1, -0.05) is 28.1 Å². The van der Waals surface area contributed by atoms with Gasteiger partial charge in [0.25, 0.3) is 5.56 Å². The smallest absolute Gasteiger partial charge is 0.261 e. The second-order valence-corrected chi connectivity index (χ2v) is 6.00. The Labute approximate surface area is 146 Å². The molecule has 24 heavy (non-hydrogen) atoms. The van der Waals surface area contributed by atoms with E-state index in [-0.39, 0.29) is 18.0 Å². The average molecular weight is 388 g/mol. The number of benzene rings is 2. The molecule has 1 heterocycles. The SMILES string of the molecule is COc1ccccc1NC(=O)Cn1cnc2ccc(Br)cc2c1=O. The number of amides is 1. The van der Waals surface area contributed by atoms with Crippen LogP contribution in [-0.4, -0.2) is 22.6 Å². The van der Waals surface area contributed by atoms with Crippen molar-refractivity contribution in [3.8, 4) is 5.75 Å². The molecule has 0 saturated heterocycles. The Balaban J connectivity index is 1.85. The van der Waals surface area contributed by atoms with Crippen LogP contribution in [0.4, 0.5) is 5.69 Å². The van der Waals surface area contributed by atoms with Crippen molar-refractivity contribution < 1.29 is 9.53 Å². The zero-order chi connectivity index (χ0) is 17.1. The number of nitrogens with one attached hydrogen (secondary N) is 1. The lowest BCUT2D eigenvalue weighted by Gasteiger charge is -2.11. The third kappa shape index (κ3) is 3.30. The zero-order valence-corrected chi connectivity index (χ0v) is 14.4. The van der Waals surface area contributed by atoms with Gasteiger partial charge >= 0.3 is 0 Å². The molecule has 0 atom stereocenters. The quantitative estimate of drug-likeness (QED) is 0.746. The number of para-hydroxylation sites is 2. The van der Waals surface area contributed by atoms with Gasteiger partial charge in [-0.25, -0.2) is 4.98 Å². The van der Waals surface area contributed by atoms with Gasteiger partial charge in [0.1, 0.15) is 12.3 Å². The molecule has 1 N–H and O–H groups in total. The Bertz CT molecular complexity index is 969. The minimum atomic E-state index is -0.335. The number of nitrogens with zero attached hydrogens (tertiary/aromatic N) is 2. The third-order valence-corrected chi connectivity index (χ3v) is 3.97. The van der Waals surface area contributed by atoms with Crippen LogP contribution in [0.25, 0.3) is 10.9 Å². The highest BCUT2D eigenvalue weighted by molar-refractivity contribution is 9.10. The Morgan fingerprint density at radius 2 is 2.08 bits per heavy atom. The van der Waals surface area contributed by atoms with Gasteiger partial charge in [-0.3, -0.25) is 14.2 Å². The van der Waals surface area contributed by atoms with Crippen molar-refractivity contribution in [1.82, 2.24) is 9.55 Å². The van der Waals surface area contributed by atoms with E-state index in [1.807, 2.05) is 12.1 Å². The van der Waals surface area contributed by atoms with Crippen LogP contribution in [0.3, 0.4) is 0 Å². The van der Waals surface area contributed by atoms with E-state index in [0.717, 1.165) is 4.47 Å². The zero-order valence-electron chi connectivity index (χ0n) is 12.8. The fourth-order valence-electron chi connectivity index (χ4n) is 2.34. The van der Waals surface area contributed by atoms with Crippen molar-refractivity contribution in [2.75, 3.05) is 12.4 Å². The second-order valence-electron chi connectivity index (χ2n) is 5.09. The van der Waals surface area contributed by atoms with Gasteiger partial charge in [0.05, 0.1) is 30.0 Å². The molecule has 0 bridgehead atoms. The van der Waals surface area contributed by atoms with Crippen LogP contribution in [0.1, 0.15) is 0 Å². The molecule has 2 aromatic carbocycles. The predicted octanol–water partition coefficient (Wildman–Crippen LogP) is 2.81. The summed E-state index contributed by atoms with van der Waals surface area (Å²) in [6, 6.07) is 12.3. The van der Waals surface area contributed by atoms with Crippen molar-refractivity contribution in [2.24, 2.45) is 0 Å². The molecular weight excluding hydrogens is 374 g/mol. The number of hydrogen-bond acceptors (Lipinski definition) is 4. The summed E-state index contributed by atoms with van der Waals surface area (Å²) in [5.41, 5.74) is 0.871. The summed E-state index contributed by atoms with van der Waals surface area (Å²) in [7, 11) is 1.53. The van der Waals surface area contributed by atoms with E-state index in [1.54, 1.807) is 30.3 Å². The first kappa shape index (κ1) is 16.2. The van der Waals surface area contributed by atoms with Gasteiger partial charge in [0.15, 0.2) is 0 Å². The van der Waals surface area contributed by atoms with E-state index < -0.39 is 0 Å². The van der Waals surface area contributed by atoms with Crippen LogP contribution < -0.4 is 15.6 Å². The monoisotopic (exact) mass is 387 g/mol. The molecule has 0 unspecified atom stereocenters. The summed E-state index contributed by atoms with van der Waals surface area (Å²) >= 11 is 3.33. The molecule has 1 amide bonds. The number of aromatic nitrogens is 2.